The zero-order chi connectivity index (χ0) is 19.3. The van der Waals surface area contributed by atoms with E-state index in [1.807, 2.05) is 12.2 Å². The molecule has 0 radical (unpaired) electrons. The van der Waals surface area contributed by atoms with Gasteiger partial charge in [0.15, 0.2) is 11.5 Å². The van der Waals surface area contributed by atoms with Crippen molar-refractivity contribution in [2.24, 2.45) is 28.8 Å². The highest BCUT2D eigenvalue weighted by Crippen LogP contribution is 2.52. The fourth-order valence-electron chi connectivity index (χ4n) is 4.16. The minimum Gasteiger partial charge on any atom is -0.493 e. The number of carbonyl (C=O) groups excluding carboxylic acids is 3. The number of benzene rings is 1. The Morgan fingerprint density at radius 1 is 1.19 bits per heavy atom. The molecule has 1 aliphatic heterocycles. The first-order valence-corrected chi connectivity index (χ1v) is 9.36. The molecule has 2 amide bonds. The molecule has 0 N–H and O–H groups in total. The molecule has 2 aliphatic carbocycles. The van der Waals surface area contributed by atoms with Gasteiger partial charge in [0.1, 0.15) is 0 Å². The molecule has 1 heterocycles. The lowest BCUT2D eigenvalue weighted by Crippen LogP contribution is -2.28. The zero-order valence-electron chi connectivity index (χ0n) is 14.7. The van der Waals surface area contributed by atoms with E-state index in [1.165, 1.54) is 20.2 Å². The number of allylic oxidation sites excluding steroid dienone is 2. The summed E-state index contributed by atoms with van der Waals surface area (Å²) in [6, 6.07) is 3.19. The van der Waals surface area contributed by atoms with E-state index in [0.29, 0.717) is 15.8 Å². The number of hydrazone groups is 1. The highest BCUT2D eigenvalue weighted by atomic mass is 79.9. The lowest BCUT2D eigenvalue weighted by Gasteiger charge is -2.13. The van der Waals surface area contributed by atoms with Crippen LogP contribution in [-0.2, 0) is 14.4 Å². The average molecular weight is 433 g/mol. The number of rotatable bonds is 4. The van der Waals surface area contributed by atoms with E-state index in [0.717, 1.165) is 11.4 Å². The van der Waals surface area contributed by atoms with E-state index < -0.39 is 5.97 Å². The second kappa shape index (κ2) is 6.60. The molecule has 2 bridgehead atoms. The van der Waals surface area contributed by atoms with E-state index in [4.69, 9.17) is 9.47 Å². The van der Waals surface area contributed by atoms with Gasteiger partial charge in [-0.05, 0) is 46.3 Å². The van der Waals surface area contributed by atoms with Crippen molar-refractivity contribution < 1.29 is 23.9 Å². The summed E-state index contributed by atoms with van der Waals surface area (Å²) in [7, 11) is 1.45. The Hall–Kier alpha value is -2.48. The molecule has 1 aromatic carbocycles. The number of halogens is 1. The summed E-state index contributed by atoms with van der Waals surface area (Å²) < 4.78 is 10.9. The van der Waals surface area contributed by atoms with Gasteiger partial charge in [-0.3, -0.25) is 14.4 Å². The number of hydrogen-bond donors (Lipinski definition) is 0. The third kappa shape index (κ3) is 2.88. The van der Waals surface area contributed by atoms with Crippen molar-refractivity contribution in [3.8, 4) is 11.5 Å². The van der Waals surface area contributed by atoms with Crippen LogP contribution >= 0.6 is 15.9 Å². The molecule has 4 atom stereocenters. The minimum absolute atomic E-state index is 0.145. The minimum atomic E-state index is -0.468. The molecule has 8 heteroatoms. The van der Waals surface area contributed by atoms with E-state index in [1.54, 1.807) is 12.1 Å². The van der Waals surface area contributed by atoms with Gasteiger partial charge >= 0.3 is 5.97 Å². The first-order chi connectivity index (χ1) is 12.9. The molecular formula is C19H17BrN2O5. The molecule has 0 spiro atoms. The number of ether oxygens (including phenoxy) is 2. The van der Waals surface area contributed by atoms with Gasteiger partial charge in [0, 0.05) is 17.0 Å². The Bertz CT molecular complexity index is 880. The van der Waals surface area contributed by atoms with Crippen LogP contribution in [0.4, 0.5) is 0 Å². The fourth-order valence-corrected chi connectivity index (χ4v) is 4.59. The van der Waals surface area contributed by atoms with Crippen molar-refractivity contribution in [3.05, 3.63) is 34.3 Å². The number of esters is 1. The lowest BCUT2D eigenvalue weighted by atomic mass is 9.85. The van der Waals surface area contributed by atoms with Gasteiger partial charge in [0.2, 0.25) is 0 Å². The normalized spacial score (nSPS) is 28.3. The molecule has 2 fully saturated rings. The largest absolute Gasteiger partial charge is 0.493 e. The Morgan fingerprint density at radius 2 is 1.81 bits per heavy atom. The van der Waals surface area contributed by atoms with Crippen LogP contribution in [0, 0.1) is 23.7 Å². The van der Waals surface area contributed by atoms with Gasteiger partial charge in [0.05, 0.1) is 25.2 Å². The van der Waals surface area contributed by atoms with Gasteiger partial charge in [-0.15, -0.1) is 0 Å². The summed E-state index contributed by atoms with van der Waals surface area (Å²) >= 11 is 3.38. The Balaban J connectivity index is 1.59. The van der Waals surface area contributed by atoms with Crippen LogP contribution in [0.25, 0.3) is 0 Å². The Labute approximate surface area is 164 Å². The number of hydrogen-bond acceptors (Lipinski definition) is 6. The summed E-state index contributed by atoms with van der Waals surface area (Å²) in [5.74, 6) is -0.617. The molecule has 7 nitrogen and oxygen atoms in total. The third-order valence-corrected chi connectivity index (χ3v) is 5.98. The first-order valence-electron chi connectivity index (χ1n) is 8.56. The van der Waals surface area contributed by atoms with Crippen molar-refractivity contribution in [3.63, 3.8) is 0 Å². The van der Waals surface area contributed by atoms with E-state index in [9.17, 15) is 14.4 Å². The quantitative estimate of drug-likeness (QED) is 0.240. The third-order valence-electron chi connectivity index (χ3n) is 5.30. The lowest BCUT2D eigenvalue weighted by molar-refractivity contribution is -0.140. The smallest absolute Gasteiger partial charge is 0.308 e. The molecular weight excluding hydrogens is 416 g/mol. The molecule has 1 saturated heterocycles. The topological polar surface area (TPSA) is 85.3 Å². The maximum absolute atomic E-state index is 12.7. The summed E-state index contributed by atoms with van der Waals surface area (Å²) in [6.45, 7) is 1.30. The van der Waals surface area contributed by atoms with Gasteiger partial charge < -0.3 is 9.47 Å². The fraction of sp³-hybridized carbons (Fsp3) is 0.368. The number of carbonyl (C=O) groups is 3. The van der Waals surface area contributed by atoms with Crippen LogP contribution in [0.2, 0.25) is 0 Å². The predicted molar refractivity (Wildman–Crippen MR) is 99.2 cm³/mol. The SMILES string of the molecule is COc1cc(C=NN2C(=O)C3C4C=CC(C4)C3C2=O)c(Br)cc1OC(C)=O. The number of nitrogens with zero attached hydrogens (tertiary/aromatic N) is 2. The summed E-state index contributed by atoms with van der Waals surface area (Å²) in [5, 5.41) is 5.14. The van der Waals surface area contributed by atoms with Crippen LogP contribution in [-0.4, -0.2) is 36.1 Å². The highest BCUT2D eigenvalue weighted by Gasteiger charge is 2.59. The first kappa shape index (κ1) is 17.9. The molecule has 4 unspecified atom stereocenters. The monoisotopic (exact) mass is 432 g/mol. The predicted octanol–water partition coefficient (Wildman–Crippen LogP) is 2.52. The summed E-state index contributed by atoms with van der Waals surface area (Å²) in [5.41, 5.74) is 0.585. The van der Waals surface area contributed by atoms with E-state index in [2.05, 4.69) is 21.0 Å². The molecule has 3 aliphatic rings. The molecule has 4 rings (SSSR count). The standard InChI is InChI=1S/C19H17BrN2O5/c1-9(23)27-15-7-13(20)12(6-14(15)26-2)8-21-22-18(24)16-10-3-4-11(5-10)17(16)19(22)25/h3-4,6-8,10-11,16-17H,5H2,1-2H3. The maximum Gasteiger partial charge on any atom is 0.308 e. The molecule has 27 heavy (non-hydrogen) atoms. The maximum atomic E-state index is 12.7. The van der Waals surface area contributed by atoms with Crippen molar-refractivity contribution in [1.29, 1.82) is 0 Å². The molecule has 0 aromatic heterocycles. The molecule has 140 valence electrons. The van der Waals surface area contributed by atoms with E-state index in [-0.39, 0.29) is 41.2 Å². The van der Waals surface area contributed by atoms with Crippen molar-refractivity contribution >= 4 is 39.9 Å². The molecule has 1 saturated carbocycles. The van der Waals surface area contributed by atoms with Gasteiger partial charge in [-0.2, -0.15) is 10.1 Å². The van der Waals surface area contributed by atoms with Crippen molar-refractivity contribution in [1.82, 2.24) is 5.01 Å². The Kier molecular flexibility index (Phi) is 4.38. The van der Waals surface area contributed by atoms with Gasteiger partial charge in [-0.1, -0.05) is 12.2 Å². The van der Waals surface area contributed by atoms with E-state index >= 15 is 0 Å². The zero-order valence-corrected chi connectivity index (χ0v) is 16.3. The second-order valence-electron chi connectivity index (χ2n) is 6.85. The number of imide groups is 1. The average Bonchev–Trinajstić information content (AvgIpc) is 3.29. The Morgan fingerprint density at radius 3 is 2.37 bits per heavy atom. The van der Waals surface area contributed by atoms with Crippen LogP contribution in [0.1, 0.15) is 18.9 Å². The number of methoxy groups -OCH3 is 1. The number of fused-ring (bicyclic) bond motifs is 5. The van der Waals surface area contributed by atoms with Gasteiger partial charge in [0.25, 0.3) is 11.8 Å². The molecule has 1 aromatic rings. The second-order valence-corrected chi connectivity index (χ2v) is 7.71. The summed E-state index contributed by atoms with van der Waals surface area (Å²) in [4.78, 5) is 36.5. The highest BCUT2D eigenvalue weighted by molar-refractivity contribution is 9.10. The van der Waals surface area contributed by atoms with Crippen molar-refractivity contribution in [2.75, 3.05) is 7.11 Å². The van der Waals surface area contributed by atoms with Gasteiger partial charge in [-0.25, -0.2) is 0 Å². The number of amides is 2. The van der Waals surface area contributed by atoms with Crippen LogP contribution in [0.5, 0.6) is 11.5 Å². The van der Waals surface area contributed by atoms with Crippen molar-refractivity contribution in [2.45, 2.75) is 13.3 Å². The van der Waals surface area contributed by atoms with Crippen LogP contribution in [0.3, 0.4) is 0 Å². The summed E-state index contributed by atoms with van der Waals surface area (Å²) in [6.07, 6.45) is 6.39. The van der Waals surface area contributed by atoms with Crippen LogP contribution < -0.4 is 9.47 Å². The van der Waals surface area contributed by atoms with Crippen LogP contribution in [0.15, 0.2) is 33.9 Å².